The molecule has 0 aromatic heterocycles. The van der Waals surface area contributed by atoms with Crippen molar-refractivity contribution in [1.82, 2.24) is 0 Å². The summed E-state index contributed by atoms with van der Waals surface area (Å²) in [6.07, 6.45) is 4.99. The van der Waals surface area contributed by atoms with Crippen molar-refractivity contribution in [2.24, 2.45) is 0 Å². The average Bonchev–Trinajstić information content (AvgIpc) is 3.07. The highest BCUT2D eigenvalue weighted by molar-refractivity contribution is 7.49. The quantitative estimate of drug-likeness (QED) is 0.568. The molecule has 128 valence electrons. The number of hydrogen-bond donors (Lipinski definition) is 0. The van der Waals surface area contributed by atoms with Gasteiger partial charge in [0, 0.05) is 0 Å². The lowest BCUT2D eigenvalue weighted by molar-refractivity contribution is 0.465. The van der Waals surface area contributed by atoms with E-state index in [0.29, 0.717) is 5.66 Å². The van der Waals surface area contributed by atoms with E-state index in [9.17, 15) is 0 Å². The van der Waals surface area contributed by atoms with Crippen LogP contribution in [0, 0.1) is 27.7 Å². The van der Waals surface area contributed by atoms with Crippen molar-refractivity contribution >= 4 is 8.38 Å². The van der Waals surface area contributed by atoms with Gasteiger partial charge in [-0.2, -0.15) is 0 Å². The molecule has 3 heteroatoms. The lowest BCUT2D eigenvalue weighted by Gasteiger charge is -2.26. The molecule has 0 bridgehead atoms. The summed E-state index contributed by atoms with van der Waals surface area (Å²) in [6, 6.07) is 12.6. The molecule has 2 aromatic rings. The Kier molecular flexibility index (Phi) is 5.46. The van der Waals surface area contributed by atoms with Crippen LogP contribution in [0.25, 0.3) is 0 Å². The van der Waals surface area contributed by atoms with Gasteiger partial charge in [-0.25, -0.2) is 0 Å². The topological polar surface area (TPSA) is 18.5 Å². The van der Waals surface area contributed by atoms with Crippen molar-refractivity contribution in [3.63, 3.8) is 0 Å². The predicted octanol–water partition coefficient (Wildman–Crippen LogP) is 6.63. The van der Waals surface area contributed by atoms with E-state index in [1.165, 1.54) is 47.9 Å². The van der Waals surface area contributed by atoms with Gasteiger partial charge in [0.15, 0.2) is 0 Å². The van der Waals surface area contributed by atoms with E-state index >= 15 is 0 Å². The van der Waals surface area contributed by atoms with E-state index in [4.69, 9.17) is 9.05 Å². The molecule has 0 radical (unpaired) electrons. The van der Waals surface area contributed by atoms with Crippen LogP contribution in [-0.4, -0.2) is 5.66 Å². The van der Waals surface area contributed by atoms with Crippen molar-refractivity contribution < 1.29 is 9.05 Å². The molecule has 0 unspecified atom stereocenters. The first-order valence-corrected chi connectivity index (χ1v) is 10.1. The molecule has 1 saturated carbocycles. The Bertz CT molecular complexity index is 611. The third-order valence-electron chi connectivity index (χ3n) is 4.80. The van der Waals surface area contributed by atoms with Gasteiger partial charge >= 0.3 is 0 Å². The maximum Gasteiger partial charge on any atom is 0.293 e. The average molecular weight is 342 g/mol. The first-order valence-electron chi connectivity index (χ1n) is 8.84. The standard InChI is InChI=1S/C21H27O2P/c1-15-9-7-10-16(2)20(15)22-24(19-13-5-6-14-19)23-21-17(3)11-8-12-18(21)4/h7-12,19H,5-6,13-14H2,1-4H3. The summed E-state index contributed by atoms with van der Waals surface area (Å²) in [5.74, 6) is 2.00. The van der Waals surface area contributed by atoms with Gasteiger partial charge in [-0.3, -0.25) is 0 Å². The van der Waals surface area contributed by atoms with E-state index in [0.717, 1.165) is 11.5 Å². The number of benzene rings is 2. The minimum Gasteiger partial charge on any atom is -0.438 e. The second-order valence-corrected chi connectivity index (χ2v) is 8.51. The van der Waals surface area contributed by atoms with Crippen molar-refractivity contribution in [3.05, 3.63) is 58.7 Å². The van der Waals surface area contributed by atoms with Gasteiger partial charge in [-0.05, 0) is 62.8 Å². The molecule has 0 spiro atoms. The molecule has 1 aliphatic rings. The molecule has 0 aliphatic heterocycles. The molecule has 0 amide bonds. The van der Waals surface area contributed by atoms with Crippen molar-refractivity contribution in [1.29, 1.82) is 0 Å². The smallest absolute Gasteiger partial charge is 0.293 e. The maximum atomic E-state index is 6.52. The fourth-order valence-electron chi connectivity index (χ4n) is 3.35. The van der Waals surface area contributed by atoms with Crippen LogP contribution in [0.3, 0.4) is 0 Å². The molecule has 3 rings (SSSR count). The van der Waals surface area contributed by atoms with Gasteiger partial charge in [0.2, 0.25) is 0 Å². The van der Waals surface area contributed by atoms with Crippen LogP contribution in [0.5, 0.6) is 11.5 Å². The van der Waals surface area contributed by atoms with E-state index in [1.54, 1.807) is 0 Å². The van der Waals surface area contributed by atoms with E-state index in [1.807, 2.05) is 0 Å². The van der Waals surface area contributed by atoms with Gasteiger partial charge in [-0.1, -0.05) is 49.2 Å². The summed E-state index contributed by atoms with van der Waals surface area (Å²) in [4.78, 5) is 0. The number of rotatable bonds is 5. The monoisotopic (exact) mass is 342 g/mol. The Balaban J connectivity index is 1.89. The molecule has 0 saturated heterocycles. The summed E-state index contributed by atoms with van der Waals surface area (Å²) < 4.78 is 13.0. The second kappa shape index (κ2) is 7.57. The number of hydrogen-bond acceptors (Lipinski definition) is 2. The normalized spacial score (nSPS) is 15.0. The van der Waals surface area contributed by atoms with E-state index < -0.39 is 8.38 Å². The summed E-state index contributed by atoms with van der Waals surface area (Å²) in [7, 11) is -0.979. The van der Waals surface area contributed by atoms with Gasteiger partial charge in [0.05, 0.1) is 5.66 Å². The Morgan fingerprint density at radius 3 is 1.46 bits per heavy atom. The molecule has 0 heterocycles. The molecular weight excluding hydrogens is 315 g/mol. The maximum absolute atomic E-state index is 6.52. The number of aryl methyl sites for hydroxylation is 4. The highest BCUT2D eigenvalue weighted by atomic mass is 31.2. The zero-order chi connectivity index (χ0) is 17.1. The fraction of sp³-hybridized carbons (Fsp3) is 0.429. The van der Waals surface area contributed by atoms with Crippen molar-refractivity contribution in [2.75, 3.05) is 0 Å². The third kappa shape index (κ3) is 3.75. The molecular formula is C21H27O2P. The highest BCUT2D eigenvalue weighted by Crippen LogP contribution is 2.52. The van der Waals surface area contributed by atoms with Gasteiger partial charge in [0.25, 0.3) is 8.38 Å². The molecule has 0 atom stereocenters. The molecule has 2 aromatic carbocycles. The van der Waals surface area contributed by atoms with Crippen LogP contribution in [0.15, 0.2) is 36.4 Å². The Morgan fingerprint density at radius 1 is 0.708 bits per heavy atom. The largest absolute Gasteiger partial charge is 0.438 e. The molecule has 1 aliphatic carbocycles. The van der Waals surface area contributed by atoms with Crippen LogP contribution < -0.4 is 9.05 Å². The van der Waals surface area contributed by atoms with Crippen molar-refractivity contribution in [3.8, 4) is 11.5 Å². The lowest BCUT2D eigenvalue weighted by Crippen LogP contribution is -2.11. The van der Waals surface area contributed by atoms with E-state index in [-0.39, 0.29) is 0 Å². The third-order valence-corrected chi connectivity index (χ3v) is 6.64. The Hall–Kier alpha value is -1.53. The van der Waals surface area contributed by atoms with Gasteiger partial charge in [0.1, 0.15) is 11.5 Å². The van der Waals surface area contributed by atoms with Crippen LogP contribution in [0.2, 0.25) is 0 Å². The van der Waals surface area contributed by atoms with Crippen molar-refractivity contribution in [2.45, 2.75) is 59.0 Å². The zero-order valence-electron chi connectivity index (χ0n) is 15.1. The van der Waals surface area contributed by atoms with Crippen LogP contribution in [0.1, 0.15) is 47.9 Å². The van der Waals surface area contributed by atoms with Gasteiger partial charge < -0.3 is 9.05 Å². The van der Waals surface area contributed by atoms with Crippen LogP contribution >= 0.6 is 8.38 Å². The highest BCUT2D eigenvalue weighted by Gasteiger charge is 2.31. The summed E-state index contributed by atoms with van der Waals surface area (Å²) in [6.45, 7) is 8.46. The molecule has 1 fully saturated rings. The Labute approximate surface area is 147 Å². The molecule has 0 N–H and O–H groups in total. The minimum absolute atomic E-state index is 0.526. The first kappa shape index (κ1) is 17.3. The predicted molar refractivity (Wildman–Crippen MR) is 102 cm³/mol. The molecule has 2 nitrogen and oxygen atoms in total. The van der Waals surface area contributed by atoms with Crippen LogP contribution in [-0.2, 0) is 0 Å². The molecule has 24 heavy (non-hydrogen) atoms. The van der Waals surface area contributed by atoms with E-state index in [2.05, 4.69) is 64.1 Å². The lowest BCUT2D eigenvalue weighted by atomic mass is 10.1. The van der Waals surface area contributed by atoms with Crippen LogP contribution in [0.4, 0.5) is 0 Å². The first-order chi connectivity index (χ1) is 11.6. The van der Waals surface area contributed by atoms with Gasteiger partial charge in [-0.15, -0.1) is 0 Å². The summed E-state index contributed by atoms with van der Waals surface area (Å²) in [5, 5.41) is 0. The zero-order valence-corrected chi connectivity index (χ0v) is 16.0. The minimum atomic E-state index is -0.979. The second-order valence-electron chi connectivity index (χ2n) is 6.85. The summed E-state index contributed by atoms with van der Waals surface area (Å²) >= 11 is 0. The Morgan fingerprint density at radius 2 is 1.08 bits per heavy atom. The number of para-hydroxylation sites is 2. The SMILES string of the molecule is Cc1cccc(C)c1OP(Oc1c(C)cccc1C)C1CCCC1. The fourth-order valence-corrected chi connectivity index (χ4v) is 5.41. The summed E-state index contributed by atoms with van der Waals surface area (Å²) in [5.41, 5.74) is 5.27.